The molecule has 3 aromatic rings. The Hall–Kier alpha value is -2.80. The average molecular weight is 397 g/mol. The van der Waals surface area contributed by atoms with Gasteiger partial charge in [0.15, 0.2) is 5.96 Å². The Labute approximate surface area is 170 Å². The summed E-state index contributed by atoms with van der Waals surface area (Å²) in [6.07, 6.45) is 6.92. The molecule has 1 atom stereocenters. The lowest BCUT2D eigenvalue weighted by atomic mass is 10.1. The highest BCUT2D eigenvalue weighted by atomic mass is 19.1. The van der Waals surface area contributed by atoms with Crippen LogP contribution in [0.1, 0.15) is 30.2 Å². The van der Waals surface area contributed by atoms with Crippen LogP contribution < -0.4 is 10.6 Å². The molecule has 1 aliphatic heterocycles. The molecule has 6 nitrogen and oxygen atoms in total. The molecule has 0 spiro atoms. The number of benzene rings is 1. The van der Waals surface area contributed by atoms with E-state index in [9.17, 15) is 4.39 Å². The number of fused-ring (bicyclic) bond motifs is 1. The Morgan fingerprint density at radius 3 is 2.90 bits per heavy atom. The van der Waals surface area contributed by atoms with Crippen molar-refractivity contribution in [3.63, 3.8) is 0 Å². The van der Waals surface area contributed by atoms with Gasteiger partial charge in [0.05, 0.1) is 12.3 Å². The fourth-order valence-corrected chi connectivity index (χ4v) is 4.03. The second-order valence-corrected chi connectivity index (χ2v) is 7.41. The minimum atomic E-state index is -0.213. The van der Waals surface area contributed by atoms with Crippen LogP contribution in [0.4, 0.5) is 4.39 Å². The first-order chi connectivity index (χ1) is 14.2. The number of nitrogens with zero attached hydrogens (tertiary/aromatic N) is 2. The second kappa shape index (κ2) is 9.13. The van der Waals surface area contributed by atoms with Gasteiger partial charge in [0.25, 0.3) is 0 Å². The molecule has 0 radical (unpaired) electrons. The van der Waals surface area contributed by atoms with Crippen molar-refractivity contribution >= 4 is 16.9 Å². The van der Waals surface area contributed by atoms with Gasteiger partial charge >= 0.3 is 0 Å². The lowest BCUT2D eigenvalue weighted by Gasteiger charge is -2.26. The molecule has 0 aliphatic carbocycles. The van der Waals surface area contributed by atoms with Gasteiger partial charge in [-0.15, -0.1) is 0 Å². The number of guanidine groups is 1. The molecular weight excluding hydrogens is 369 g/mol. The van der Waals surface area contributed by atoms with Gasteiger partial charge in [0, 0.05) is 37.2 Å². The monoisotopic (exact) mass is 397 g/mol. The predicted molar refractivity (Wildman–Crippen MR) is 114 cm³/mol. The number of aromatic nitrogens is 1. The maximum Gasteiger partial charge on any atom is 0.191 e. The number of furan rings is 1. The molecule has 3 heterocycles. The number of hydrogen-bond donors (Lipinski definition) is 3. The van der Waals surface area contributed by atoms with Gasteiger partial charge in [0.2, 0.25) is 0 Å². The van der Waals surface area contributed by atoms with Crippen molar-refractivity contribution in [3.05, 3.63) is 59.9 Å². The third-order valence-electron chi connectivity index (χ3n) is 5.56. The van der Waals surface area contributed by atoms with E-state index in [0.29, 0.717) is 6.54 Å². The summed E-state index contributed by atoms with van der Waals surface area (Å²) in [4.78, 5) is 10.00. The number of aliphatic imine (C=N–C) groups is 1. The van der Waals surface area contributed by atoms with Gasteiger partial charge in [-0.25, -0.2) is 4.39 Å². The number of aromatic amines is 1. The summed E-state index contributed by atoms with van der Waals surface area (Å²) in [5.41, 5.74) is 2.05. The number of halogens is 1. The molecule has 3 N–H and O–H groups in total. The van der Waals surface area contributed by atoms with E-state index in [2.05, 4.69) is 25.5 Å². The van der Waals surface area contributed by atoms with Crippen molar-refractivity contribution in [1.29, 1.82) is 0 Å². The SMILES string of the molecule is CN=C(NCCc1c[nH]c2ccc(F)cc12)NCC(c1ccco1)N1CCCC1. The average Bonchev–Trinajstić information content (AvgIpc) is 3.49. The zero-order valence-electron chi connectivity index (χ0n) is 16.7. The van der Waals surface area contributed by atoms with Crippen molar-refractivity contribution in [1.82, 2.24) is 20.5 Å². The normalized spacial score (nSPS) is 16.4. The van der Waals surface area contributed by atoms with Crippen LogP contribution in [0.25, 0.3) is 10.9 Å². The summed E-state index contributed by atoms with van der Waals surface area (Å²) < 4.78 is 19.2. The third-order valence-corrected chi connectivity index (χ3v) is 5.56. The lowest BCUT2D eigenvalue weighted by Crippen LogP contribution is -2.43. The van der Waals surface area contributed by atoms with E-state index in [1.807, 2.05) is 18.3 Å². The van der Waals surface area contributed by atoms with Crippen molar-refractivity contribution in [2.75, 3.05) is 33.2 Å². The van der Waals surface area contributed by atoms with Gasteiger partial charge in [-0.2, -0.15) is 0 Å². The molecule has 1 aliphatic rings. The maximum absolute atomic E-state index is 13.5. The van der Waals surface area contributed by atoms with Crippen molar-refractivity contribution in [2.24, 2.45) is 4.99 Å². The predicted octanol–water partition coefficient (Wildman–Crippen LogP) is 3.44. The smallest absolute Gasteiger partial charge is 0.191 e. The van der Waals surface area contributed by atoms with E-state index in [1.165, 1.54) is 18.9 Å². The first-order valence-electron chi connectivity index (χ1n) is 10.2. The first kappa shape index (κ1) is 19.5. The summed E-state index contributed by atoms with van der Waals surface area (Å²) >= 11 is 0. The zero-order valence-corrected chi connectivity index (χ0v) is 16.7. The molecule has 0 bridgehead atoms. The number of H-pyrrole nitrogens is 1. The molecule has 4 rings (SSSR count). The number of hydrogen-bond acceptors (Lipinski definition) is 3. The van der Waals surface area contributed by atoms with Gasteiger partial charge in [-0.05, 0) is 68.2 Å². The summed E-state index contributed by atoms with van der Waals surface area (Å²) in [6.45, 7) is 3.62. The molecule has 0 saturated carbocycles. The van der Waals surface area contributed by atoms with Crippen LogP contribution in [0.15, 0.2) is 52.2 Å². The first-order valence-corrected chi connectivity index (χ1v) is 10.2. The van der Waals surface area contributed by atoms with Crippen molar-refractivity contribution < 1.29 is 8.81 Å². The Bertz CT molecular complexity index is 943. The largest absolute Gasteiger partial charge is 0.468 e. The van der Waals surface area contributed by atoms with Crippen LogP contribution in [0.3, 0.4) is 0 Å². The maximum atomic E-state index is 13.5. The molecule has 7 heteroatoms. The number of nitrogens with one attached hydrogen (secondary N) is 3. The van der Waals surface area contributed by atoms with Crippen LogP contribution in [0.5, 0.6) is 0 Å². The van der Waals surface area contributed by atoms with E-state index in [4.69, 9.17) is 4.42 Å². The summed E-state index contributed by atoms with van der Waals surface area (Å²) in [6, 6.07) is 9.00. The Morgan fingerprint density at radius 2 is 2.14 bits per heavy atom. The van der Waals surface area contributed by atoms with Crippen molar-refractivity contribution in [2.45, 2.75) is 25.3 Å². The fraction of sp³-hybridized carbons (Fsp3) is 0.409. The van der Waals surface area contributed by atoms with E-state index in [-0.39, 0.29) is 11.9 Å². The van der Waals surface area contributed by atoms with E-state index in [0.717, 1.165) is 54.2 Å². The minimum absolute atomic E-state index is 0.197. The van der Waals surface area contributed by atoms with Crippen LogP contribution in [-0.4, -0.2) is 49.1 Å². The van der Waals surface area contributed by atoms with E-state index < -0.39 is 0 Å². The van der Waals surface area contributed by atoms with Gasteiger partial charge < -0.3 is 20.0 Å². The van der Waals surface area contributed by atoms with E-state index in [1.54, 1.807) is 25.4 Å². The quantitative estimate of drug-likeness (QED) is 0.422. The summed E-state index contributed by atoms with van der Waals surface area (Å²) in [5, 5.41) is 7.72. The minimum Gasteiger partial charge on any atom is -0.468 e. The molecule has 2 aromatic heterocycles. The molecule has 154 valence electrons. The lowest BCUT2D eigenvalue weighted by molar-refractivity contribution is 0.215. The topological polar surface area (TPSA) is 68.6 Å². The van der Waals surface area contributed by atoms with E-state index >= 15 is 0 Å². The molecule has 1 aromatic carbocycles. The summed E-state index contributed by atoms with van der Waals surface area (Å²) in [5.74, 6) is 1.53. The molecule has 29 heavy (non-hydrogen) atoms. The molecular formula is C22H28FN5O. The fourth-order valence-electron chi connectivity index (χ4n) is 4.03. The van der Waals surface area contributed by atoms with Crippen LogP contribution in [-0.2, 0) is 6.42 Å². The third kappa shape index (κ3) is 4.62. The molecule has 1 saturated heterocycles. The highest BCUT2D eigenvalue weighted by Crippen LogP contribution is 2.25. The van der Waals surface area contributed by atoms with Gasteiger partial charge in [0.1, 0.15) is 11.6 Å². The van der Waals surface area contributed by atoms with Crippen molar-refractivity contribution in [3.8, 4) is 0 Å². The highest BCUT2D eigenvalue weighted by molar-refractivity contribution is 5.83. The van der Waals surface area contributed by atoms with Crippen LogP contribution >= 0.6 is 0 Å². The van der Waals surface area contributed by atoms with Crippen LogP contribution in [0, 0.1) is 5.82 Å². The standard InChI is InChI=1S/C22H28FN5O/c1-24-22(25-9-8-16-14-26-19-7-6-17(23)13-18(16)19)27-15-20(21-5-4-12-29-21)28-10-2-3-11-28/h4-7,12-14,20,26H,2-3,8-11,15H2,1H3,(H2,24,25,27). The summed E-state index contributed by atoms with van der Waals surface area (Å²) in [7, 11) is 1.77. The zero-order chi connectivity index (χ0) is 20.1. The Morgan fingerprint density at radius 1 is 1.28 bits per heavy atom. The molecule has 0 amide bonds. The Balaban J connectivity index is 1.32. The number of likely N-dealkylation sites (tertiary alicyclic amines) is 1. The van der Waals surface area contributed by atoms with Gasteiger partial charge in [-0.1, -0.05) is 0 Å². The molecule has 1 unspecified atom stereocenters. The molecule has 1 fully saturated rings. The number of rotatable bonds is 7. The van der Waals surface area contributed by atoms with Crippen LogP contribution in [0.2, 0.25) is 0 Å². The van der Waals surface area contributed by atoms with Gasteiger partial charge in [-0.3, -0.25) is 9.89 Å². The second-order valence-electron chi connectivity index (χ2n) is 7.41. The highest BCUT2D eigenvalue weighted by Gasteiger charge is 2.25. The Kier molecular flexibility index (Phi) is 6.14.